The standard InChI is InChI=1S/C13H18O4/c1-3-5-6-13(4-2)8-9(12(16)17)10(14)7-11(13)15/h7-8,14H,3-6H2,1-2H3,(H,16,17). The van der Waals surface area contributed by atoms with Crippen LogP contribution in [0, 0.1) is 5.41 Å². The van der Waals surface area contributed by atoms with E-state index in [2.05, 4.69) is 0 Å². The fourth-order valence-corrected chi connectivity index (χ4v) is 2.08. The average molecular weight is 238 g/mol. The van der Waals surface area contributed by atoms with Crippen molar-refractivity contribution in [3.05, 3.63) is 23.5 Å². The molecular weight excluding hydrogens is 220 g/mol. The molecule has 94 valence electrons. The second-order valence-corrected chi connectivity index (χ2v) is 4.37. The molecular formula is C13H18O4. The first kappa shape index (κ1) is 13.5. The van der Waals surface area contributed by atoms with Gasteiger partial charge in [0.05, 0.1) is 11.0 Å². The molecule has 0 radical (unpaired) electrons. The van der Waals surface area contributed by atoms with E-state index < -0.39 is 17.1 Å². The molecule has 0 saturated carbocycles. The van der Waals surface area contributed by atoms with E-state index in [0.717, 1.165) is 18.9 Å². The van der Waals surface area contributed by atoms with Crippen molar-refractivity contribution < 1.29 is 19.8 Å². The Bertz CT molecular complexity index is 392. The van der Waals surface area contributed by atoms with Gasteiger partial charge >= 0.3 is 5.97 Å². The van der Waals surface area contributed by atoms with Crippen LogP contribution in [0.3, 0.4) is 0 Å². The van der Waals surface area contributed by atoms with E-state index in [-0.39, 0.29) is 11.4 Å². The third-order valence-electron chi connectivity index (χ3n) is 3.29. The monoisotopic (exact) mass is 238 g/mol. The summed E-state index contributed by atoms with van der Waals surface area (Å²) in [4.78, 5) is 22.9. The first-order chi connectivity index (χ1) is 7.96. The van der Waals surface area contributed by atoms with E-state index in [9.17, 15) is 14.7 Å². The highest BCUT2D eigenvalue weighted by atomic mass is 16.4. The molecule has 4 nitrogen and oxygen atoms in total. The summed E-state index contributed by atoms with van der Waals surface area (Å²) in [6.07, 6.45) is 5.44. The summed E-state index contributed by atoms with van der Waals surface area (Å²) in [6, 6.07) is 0. The Balaban J connectivity index is 3.13. The van der Waals surface area contributed by atoms with Crippen molar-refractivity contribution in [2.45, 2.75) is 39.5 Å². The number of rotatable bonds is 5. The van der Waals surface area contributed by atoms with Gasteiger partial charge in [0.25, 0.3) is 0 Å². The van der Waals surface area contributed by atoms with Crippen LogP contribution in [0.4, 0.5) is 0 Å². The zero-order valence-corrected chi connectivity index (χ0v) is 10.2. The highest BCUT2D eigenvalue weighted by molar-refractivity contribution is 6.04. The normalized spacial score (nSPS) is 24.2. The first-order valence-electron chi connectivity index (χ1n) is 5.88. The van der Waals surface area contributed by atoms with Crippen molar-refractivity contribution in [2.24, 2.45) is 5.41 Å². The number of unbranched alkanes of at least 4 members (excludes halogenated alkanes) is 1. The zero-order valence-electron chi connectivity index (χ0n) is 10.2. The Hall–Kier alpha value is -1.58. The summed E-state index contributed by atoms with van der Waals surface area (Å²) in [7, 11) is 0. The van der Waals surface area contributed by atoms with Gasteiger partial charge in [0.2, 0.25) is 0 Å². The number of ketones is 1. The van der Waals surface area contributed by atoms with Gasteiger partial charge in [0.15, 0.2) is 5.78 Å². The SMILES string of the molecule is CCCCC1(CC)C=C(C(=O)O)C(O)=CC1=O. The molecule has 1 aliphatic carbocycles. The van der Waals surface area contributed by atoms with Crippen molar-refractivity contribution in [3.8, 4) is 0 Å². The molecule has 1 atom stereocenters. The number of aliphatic hydroxyl groups excluding tert-OH is 1. The van der Waals surface area contributed by atoms with E-state index in [1.165, 1.54) is 6.08 Å². The molecule has 1 rings (SSSR count). The van der Waals surface area contributed by atoms with E-state index in [1.807, 2.05) is 13.8 Å². The lowest BCUT2D eigenvalue weighted by molar-refractivity contribution is -0.132. The number of carboxylic acid groups (broad SMARTS) is 1. The van der Waals surface area contributed by atoms with Gasteiger partial charge in [-0.05, 0) is 12.8 Å². The minimum absolute atomic E-state index is 0.164. The second kappa shape index (κ2) is 5.17. The third-order valence-corrected chi connectivity index (χ3v) is 3.29. The van der Waals surface area contributed by atoms with Crippen LogP contribution in [0.1, 0.15) is 39.5 Å². The van der Waals surface area contributed by atoms with Gasteiger partial charge < -0.3 is 10.2 Å². The Labute approximate surface area is 101 Å². The number of hydrogen-bond acceptors (Lipinski definition) is 3. The molecule has 0 bridgehead atoms. The fourth-order valence-electron chi connectivity index (χ4n) is 2.08. The van der Waals surface area contributed by atoms with Gasteiger partial charge in [-0.2, -0.15) is 0 Å². The van der Waals surface area contributed by atoms with Gasteiger partial charge in [-0.15, -0.1) is 0 Å². The van der Waals surface area contributed by atoms with Crippen molar-refractivity contribution in [3.63, 3.8) is 0 Å². The van der Waals surface area contributed by atoms with Crippen LogP contribution in [0.25, 0.3) is 0 Å². The molecule has 0 saturated heterocycles. The predicted octanol–water partition coefficient (Wildman–Crippen LogP) is 2.61. The number of aliphatic carboxylic acids is 1. The summed E-state index contributed by atoms with van der Waals surface area (Å²) < 4.78 is 0. The minimum atomic E-state index is -1.19. The number of carboxylic acids is 1. The molecule has 0 fully saturated rings. The minimum Gasteiger partial charge on any atom is -0.507 e. The van der Waals surface area contributed by atoms with E-state index in [1.54, 1.807) is 0 Å². The number of aliphatic hydroxyl groups is 1. The van der Waals surface area contributed by atoms with Gasteiger partial charge in [-0.3, -0.25) is 4.79 Å². The van der Waals surface area contributed by atoms with Crippen LogP contribution in [0.5, 0.6) is 0 Å². The van der Waals surface area contributed by atoms with Crippen molar-refractivity contribution in [2.75, 3.05) is 0 Å². The molecule has 0 aromatic heterocycles. The van der Waals surface area contributed by atoms with Crippen molar-refractivity contribution in [1.82, 2.24) is 0 Å². The Kier molecular flexibility index (Phi) is 4.10. The van der Waals surface area contributed by atoms with Crippen LogP contribution in [-0.2, 0) is 9.59 Å². The molecule has 0 amide bonds. The molecule has 1 aliphatic rings. The quantitative estimate of drug-likeness (QED) is 0.772. The predicted molar refractivity (Wildman–Crippen MR) is 63.7 cm³/mol. The number of allylic oxidation sites excluding steroid dienone is 2. The maximum atomic E-state index is 12.0. The Morgan fingerprint density at radius 1 is 1.41 bits per heavy atom. The highest BCUT2D eigenvalue weighted by Crippen LogP contribution is 2.37. The van der Waals surface area contributed by atoms with Crippen LogP contribution in [-0.4, -0.2) is 22.0 Å². The lowest BCUT2D eigenvalue weighted by Crippen LogP contribution is -2.32. The molecule has 0 aromatic rings. The molecule has 17 heavy (non-hydrogen) atoms. The van der Waals surface area contributed by atoms with Crippen LogP contribution in [0.15, 0.2) is 23.5 Å². The van der Waals surface area contributed by atoms with Crippen LogP contribution in [0.2, 0.25) is 0 Å². The molecule has 1 unspecified atom stereocenters. The fraction of sp³-hybridized carbons (Fsp3) is 0.538. The van der Waals surface area contributed by atoms with Gasteiger partial charge in [0, 0.05) is 6.08 Å². The maximum Gasteiger partial charge on any atom is 0.339 e. The third kappa shape index (κ3) is 2.57. The largest absolute Gasteiger partial charge is 0.507 e. The van der Waals surface area contributed by atoms with Gasteiger partial charge in [-0.25, -0.2) is 4.79 Å². The van der Waals surface area contributed by atoms with Crippen LogP contribution < -0.4 is 0 Å². The molecule has 0 aromatic carbocycles. The smallest absolute Gasteiger partial charge is 0.339 e. The average Bonchev–Trinajstić information content (AvgIpc) is 2.28. The molecule has 0 aliphatic heterocycles. The summed E-state index contributed by atoms with van der Waals surface area (Å²) in [5.41, 5.74) is -0.918. The Morgan fingerprint density at radius 2 is 2.06 bits per heavy atom. The van der Waals surface area contributed by atoms with Crippen molar-refractivity contribution >= 4 is 11.8 Å². The topological polar surface area (TPSA) is 74.6 Å². The highest BCUT2D eigenvalue weighted by Gasteiger charge is 2.38. The first-order valence-corrected chi connectivity index (χ1v) is 5.88. The summed E-state index contributed by atoms with van der Waals surface area (Å²) in [5, 5.41) is 18.4. The number of carbonyl (C=O) groups excluding carboxylic acids is 1. The van der Waals surface area contributed by atoms with Crippen LogP contribution >= 0.6 is 0 Å². The van der Waals surface area contributed by atoms with Gasteiger partial charge in [-0.1, -0.05) is 32.8 Å². The maximum absolute atomic E-state index is 12.0. The van der Waals surface area contributed by atoms with E-state index in [0.29, 0.717) is 12.8 Å². The number of hydrogen-bond donors (Lipinski definition) is 2. The van der Waals surface area contributed by atoms with E-state index >= 15 is 0 Å². The molecule has 2 N–H and O–H groups in total. The Morgan fingerprint density at radius 3 is 2.53 bits per heavy atom. The van der Waals surface area contributed by atoms with Crippen molar-refractivity contribution in [1.29, 1.82) is 0 Å². The summed E-state index contributed by atoms with van der Waals surface area (Å²) in [5.74, 6) is -1.83. The number of carbonyl (C=O) groups is 2. The molecule has 0 spiro atoms. The lowest BCUT2D eigenvalue weighted by Gasteiger charge is -2.30. The van der Waals surface area contributed by atoms with E-state index in [4.69, 9.17) is 5.11 Å². The van der Waals surface area contributed by atoms with Gasteiger partial charge in [0.1, 0.15) is 5.76 Å². The molecule has 4 heteroatoms. The second-order valence-electron chi connectivity index (χ2n) is 4.37. The lowest BCUT2D eigenvalue weighted by atomic mass is 9.72. The zero-order chi connectivity index (χ0) is 13.1. The molecule has 0 heterocycles. The summed E-state index contributed by atoms with van der Waals surface area (Å²) in [6.45, 7) is 3.88. The summed E-state index contributed by atoms with van der Waals surface area (Å²) >= 11 is 0.